The minimum absolute atomic E-state index is 0. The second-order valence-corrected chi connectivity index (χ2v) is 6.18. The van der Waals surface area contributed by atoms with Crippen molar-refractivity contribution in [3.8, 4) is 24.7 Å². The van der Waals surface area contributed by atoms with Gasteiger partial charge in [-0.1, -0.05) is 19.8 Å². The van der Waals surface area contributed by atoms with Gasteiger partial charge in [0.15, 0.2) is 0 Å². The lowest BCUT2D eigenvalue weighted by molar-refractivity contribution is -0.138. The molecule has 0 radical (unpaired) electrons. The van der Waals surface area contributed by atoms with Crippen molar-refractivity contribution in [1.82, 2.24) is 10.6 Å². The van der Waals surface area contributed by atoms with Gasteiger partial charge in [-0.15, -0.1) is 24.7 Å². The molecule has 0 heterocycles. The summed E-state index contributed by atoms with van der Waals surface area (Å²) in [7, 11) is 0. The predicted octanol–water partition coefficient (Wildman–Crippen LogP) is 2.30. The first kappa shape index (κ1) is 33.2. The van der Waals surface area contributed by atoms with Crippen LogP contribution in [0.1, 0.15) is 58.3 Å². The summed E-state index contributed by atoms with van der Waals surface area (Å²) in [6, 6.07) is -0.836. The highest BCUT2D eigenvalue weighted by Crippen LogP contribution is 1.98. The number of carboxylic acid groups (broad SMARTS) is 1. The van der Waals surface area contributed by atoms with Gasteiger partial charge in [-0.3, -0.25) is 4.79 Å². The SMILES string of the molecule is C#CCCOC(=O)NCCCCC.C#CCCOC(=O)NCCCC[C@H](N)C(=O)O.P. The molecule has 0 bridgehead atoms. The Balaban J connectivity index is -0.000000507. The van der Waals surface area contributed by atoms with E-state index in [-0.39, 0.29) is 22.6 Å². The van der Waals surface area contributed by atoms with Crippen molar-refractivity contribution in [3.05, 3.63) is 0 Å². The van der Waals surface area contributed by atoms with Crippen molar-refractivity contribution >= 4 is 28.1 Å². The van der Waals surface area contributed by atoms with Crippen LogP contribution in [0.3, 0.4) is 0 Å². The van der Waals surface area contributed by atoms with Gasteiger partial charge < -0.3 is 30.9 Å². The number of carboxylic acids is 1. The molecule has 0 aliphatic heterocycles. The number of amides is 2. The molecule has 0 aromatic carbocycles. The maximum atomic E-state index is 11.0. The van der Waals surface area contributed by atoms with Gasteiger partial charge >= 0.3 is 18.2 Å². The number of alkyl carbamates (subject to hydrolysis) is 2. The monoisotopic (exact) mass is 459 g/mol. The summed E-state index contributed by atoms with van der Waals surface area (Å²) in [5.41, 5.74) is 5.31. The Labute approximate surface area is 189 Å². The highest BCUT2D eigenvalue weighted by atomic mass is 31.0. The molecule has 0 spiro atoms. The zero-order valence-electron chi connectivity index (χ0n) is 18.5. The van der Waals surface area contributed by atoms with E-state index in [0.717, 1.165) is 19.3 Å². The molecule has 0 aromatic rings. The van der Waals surface area contributed by atoms with Gasteiger partial charge in [-0.05, 0) is 25.7 Å². The van der Waals surface area contributed by atoms with Crippen LogP contribution in [-0.4, -0.2) is 55.6 Å². The highest BCUT2D eigenvalue weighted by Gasteiger charge is 2.10. The smallest absolute Gasteiger partial charge is 0.407 e. The van der Waals surface area contributed by atoms with Crippen molar-refractivity contribution in [2.24, 2.45) is 5.73 Å². The summed E-state index contributed by atoms with van der Waals surface area (Å²) in [4.78, 5) is 32.3. The molecule has 31 heavy (non-hydrogen) atoms. The number of rotatable bonds is 14. The van der Waals surface area contributed by atoms with Crippen LogP contribution in [0.15, 0.2) is 0 Å². The van der Waals surface area contributed by atoms with E-state index < -0.39 is 18.1 Å². The minimum atomic E-state index is -1.01. The molecule has 0 saturated heterocycles. The fourth-order valence-electron chi connectivity index (χ4n) is 1.88. The molecule has 1 unspecified atom stereocenters. The lowest BCUT2D eigenvalue weighted by Gasteiger charge is -2.07. The number of nitrogens with two attached hydrogens (primary N) is 1. The third-order valence-electron chi connectivity index (χ3n) is 3.54. The zero-order valence-corrected chi connectivity index (χ0v) is 19.9. The van der Waals surface area contributed by atoms with Gasteiger partial charge in [0.25, 0.3) is 0 Å². The van der Waals surface area contributed by atoms with E-state index in [1.807, 2.05) is 0 Å². The van der Waals surface area contributed by atoms with Gasteiger partial charge in [-0.2, -0.15) is 9.90 Å². The van der Waals surface area contributed by atoms with Crippen molar-refractivity contribution < 1.29 is 29.0 Å². The minimum Gasteiger partial charge on any atom is -0.480 e. The Bertz CT molecular complexity index is 560. The summed E-state index contributed by atoms with van der Waals surface area (Å²) in [5.74, 6) is 3.73. The fourth-order valence-corrected chi connectivity index (χ4v) is 1.88. The first-order chi connectivity index (χ1) is 14.4. The van der Waals surface area contributed by atoms with Crippen LogP contribution < -0.4 is 16.4 Å². The number of nitrogens with one attached hydrogen (secondary N) is 2. The van der Waals surface area contributed by atoms with E-state index >= 15 is 0 Å². The number of hydrogen-bond acceptors (Lipinski definition) is 6. The van der Waals surface area contributed by atoms with Gasteiger partial charge in [0, 0.05) is 25.9 Å². The Kier molecular flexibility index (Phi) is 27.3. The van der Waals surface area contributed by atoms with Crippen LogP contribution in [0.25, 0.3) is 0 Å². The van der Waals surface area contributed by atoms with E-state index in [0.29, 0.717) is 51.8 Å². The molecule has 9 nitrogen and oxygen atoms in total. The van der Waals surface area contributed by atoms with Crippen LogP contribution in [0.4, 0.5) is 9.59 Å². The molecule has 2 amide bonds. The molecule has 0 saturated carbocycles. The maximum Gasteiger partial charge on any atom is 0.407 e. The maximum absolute atomic E-state index is 11.0. The highest BCUT2D eigenvalue weighted by molar-refractivity contribution is 6.92. The van der Waals surface area contributed by atoms with E-state index in [9.17, 15) is 14.4 Å². The topological polar surface area (TPSA) is 140 Å². The number of aliphatic carboxylic acids is 1. The first-order valence-corrected chi connectivity index (χ1v) is 10.1. The van der Waals surface area contributed by atoms with E-state index in [4.69, 9.17) is 33.2 Å². The van der Waals surface area contributed by atoms with Crippen LogP contribution in [0.2, 0.25) is 0 Å². The third kappa shape index (κ3) is 27.5. The Hall–Kier alpha value is -2.48. The second kappa shape index (κ2) is 25.6. The number of hydrogen-bond donors (Lipinski definition) is 4. The summed E-state index contributed by atoms with van der Waals surface area (Å²) >= 11 is 0. The molecule has 0 rings (SSSR count). The normalized spacial score (nSPS) is 9.94. The largest absolute Gasteiger partial charge is 0.480 e. The van der Waals surface area contributed by atoms with Crippen LogP contribution in [-0.2, 0) is 14.3 Å². The molecular weight excluding hydrogens is 421 g/mol. The standard InChI is InChI=1S/C11H18N2O4.C10H17NO2.H3P/c1-2-3-8-17-11(16)13-7-5-4-6-9(12)10(14)15;1-3-5-7-8-11-10(12)13-9-6-4-2;/h1,9H,3-8,12H2,(H,13,16)(H,14,15);2H,3,5-9H2,1H3,(H,11,12);1H3/t9-;;/m0../s1. The molecule has 0 aliphatic carbocycles. The van der Waals surface area contributed by atoms with Crippen molar-refractivity contribution in [3.63, 3.8) is 0 Å². The van der Waals surface area contributed by atoms with Crippen molar-refractivity contribution in [2.45, 2.75) is 64.3 Å². The summed E-state index contributed by atoms with van der Waals surface area (Å²) in [5, 5.41) is 13.7. The van der Waals surface area contributed by atoms with E-state index in [1.54, 1.807) is 0 Å². The van der Waals surface area contributed by atoms with Crippen LogP contribution >= 0.6 is 9.90 Å². The Morgan fingerprint density at radius 2 is 1.39 bits per heavy atom. The lowest BCUT2D eigenvalue weighted by Crippen LogP contribution is -2.30. The molecule has 0 aromatic heterocycles. The zero-order chi connectivity index (χ0) is 23.0. The average Bonchev–Trinajstić information content (AvgIpc) is 2.71. The van der Waals surface area contributed by atoms with E-state index in [1.165, 1.54) is 0 Å². The van der Waals surface area contributed by atoms with Crippen LogP contribution in [0.5, 0.6) is 0 Å². The Morgan fingerprint density at radius 3 is 1.77 bits per heavy atom. The lowest BCUT2D eigenvalue weighted by atomic mass is 10.1. The number of ether oxygens (including phenoxy) is 2. The first-order valence-electron chi connectivity index (χ1n) is 10.1. The molecule has 2 atom stereocenters. The van der Waals surface area contributed by atoms with Crippen LogP contribution in [0, 0.1) is 24.7 Å². The average molecular weight is 460 g/mol. The third-order valence-corrected chi connectivity index (χ3v) is 3.54. The molecule has 0 fully saturated rings. The molecular formula is C21H38N3O6P. The molecule has 5 N–H and O–H groups in total. The fraction of sp³-hybridized carbons (Fsp3) is 0.667. The molecule has 0 aliphatic rings. The van der Waals surface area contributed by atoms with Gasteiger partial charge in [-0.25, -0.2) is 9.59 Å². The number of terminal acetylenes is 2. The number of carbonyl (C=O) groups excluding carboxylic acids is 2. The van der Waals surface area contributed by atoms with Gasteiger partial charge in [0.2, 0.25) is 0 Å². The summed E-state index contributed by atoms with van der Waals surface area (Å²) in [6.07, 6.45) is 14.9. The summed E-state index contributed by atoms with van der Waals surface area (Å²) in [6.45, 7) is 3.73. The number of carbonyl (C=O) groups is 3. The van der Waals surface area contributed by atoms with Gasteiger partial charge in [0.05, 0.1) is 0 Å². The second-order valence-electron chi connectivity index (χ2n) is 6.18. The predicted molar refractivity (Wildman–Crippen MR) is 126 cm³/mol. The Morgan fingerprint density at radius 1 is 0.935 bits per heavy atom. The van der Waals surface area contributed by atoms with E-state index in [2.05, 4.69) is 29.4 Å². The molecule has 10 heteroatoms. The summed E-state index contributed by atoms with van der Waals surface area (Å²) < 4.78 is 9.51. The molecule has 178 valence electrons. The van der Waals surface area contributed by atoms with Crippen molar-refractivity contribution in [1.29, 1.82) is 0 Å². The quantitative estimate of drug-likeness (QED) is 0.177. The number of unbranched alkanes of at least 4 members (excludes halogenated alkanes) is 3. The van der Waals surface area contributed by atoms with Gasteiger partial charge in [0.1, 0.15) is 19.3 Å². The van der Waals surface area contributed by atoms with Crippen molar-refractivity contribution in [2.75, 3.05) is 26.3 Å².